The van der Waals surface area contributed by atoms with Gasteiger partial charge in [0.1, 0.15) is 11.8 Å². The van der Waals surface area contributed by atoms with Crippen molar-refractivity contribution in [2.75, 3.05) is 25.6 Å². The predicted octanol–water partition coefficient (Wildman–Crippen LogP) is 4.62. The van der Waals surface area contributed by atoms with Crippen molar-refractivity contribution >= 4 is 29.4 Å². The number of halogens is 1. The van der Waals surface area contributed by atoms with Gasteiger partial charge in [-0.2, -0.15) is 0 Å². The van der Waals surface area contributed by atoms with Crippen LogP contribution in [0, 0.1) is 0 Å². The molecule has 1 saturated heterocycles. The smallest absolute Gasteiger partial charge is 0.255 e. The van der Waals surface area contributed by atoms with E-state index in [-0.39, 0.29) is 23.9 Å². The monoisotopic (exact) mass is 549 g/mol. The molecule has 0 bridgehead atoms. The summed E-state index contributed by atoms with van der Waals surface area (Å²) in [5.41, 5.74) is 3.59. The van der Waals surface area contributed by atoms with Crippen molar-refractivity contribution in [1.82, 2.24) is 20.2 Å². The second-order valence-corrected chi connectivity index (χ2v) is 10.3. The van der Waals surface area contributed by atoms with Gasteiger partial charge in [-0.1, -0.05) is 35.9 Å². The van der Waals surface area contributed by atoms with Crippen molar-refractivity contribution in [1.29, 1.82) is 0 Å². The molecule has 39 heavy (non-hydrogen) atoms. The van der Waals surface area contributed by atoms with E-state index in [9.17, 15) is 9.59 Å². The number of aromatic nitrogens is 2. The number of ether oxygens (including phenoxy) is 2. The van der Waals surface area contributed by atoms with Crippen LogP contribution in [0.2, 0.25) is 5.02 Å². The van der Waals surface area contributed by atoms with Gasteiger partial charge in [-0.3, -0.25) is 9.59 Å². The molecule has 5 rings (SSSR count). The average Bonchev–Trinajstić information content (AvgIpc) is 3.29. The van der Waals surface area contributed by atoms with Crippen molar-refractivity contribution in [2.45, 2.75) is 51.4 Å². The summed E-state index contributed by atoms with van der Waals surface area (Å²) in [6, 6.07) is 12.5. The summed E-state index contributed by atoms with van der Waals surface area (Å²) in [5.74, 6) is 0.784. The van der Waals surface area contributed by atoms with Crippen LogP contribution in [-0.2, 0) is 16.1 Å². The highest BCUT2D eigenvalue weighted by Crippen LogP contribution is 2.32. The van der Waals surface area contributed by atoms with Crippen LogP contribution in [-0.4, -0.2) is 59.1 Å². The summed E-state index contributed by atoms with van der Waals surface area (Å²) in [7, 11) is 1.61. The topological polar surface area (TPSA) is 106 Å². The van der Waals surface area contributed by atoms with Crippen LogP contribution in [0.3, 0.4) is 0 Å². The minimum absolute atomic E-state index is 0.200. The maximum Gasteiger partial charge on any atom is 0.255 e. The molecule has 9 nitrogen and oxygen atoms in total. The minimum atomic E-state index is -0.653. The van der Waals surface area contributed by atoms with Crippen LogP contribution in [0.4, 0.5) is 5.95 Å². The third-order valence-corrected chi connectivity index (χ3v) is 7.59. The summed E-state index contributed by atoms with van der Waals surface area (Å²) < 4.78 is 10.7. The fourth-order valence-corrected chi connectivity index (χ4v) is 5.12. The lowest BCUT2D eigenvalue weighted by Gasteiger charge is -2.25. The SMILES string of the molecule is COc1cccc([C@@H](C)NC(=O)C(C)N2Cc3ccc(-c4nc(NC5CCOCC5)ncc4Cl)cc3C2=O)c1. The Hall–Kier alpha value is -3.69. The number of hydrogen-bond acceptors (Lipinski definition) is 7. The molecule has 1 aromatic heterocycles. The molecule has 2 N–H and O–H groups in total. The zero-order valence-electron chi connectivity index (χ0n) is 22.2. The quantitative estimate of drug-likeness (QED) is 0.422. The summed E-state index contributed by atoms with van der Waals surface area (Å²) in [6.45, 7) is 5.41. The van der Waals surface area contributed by atoms with Gasteiger partial charge in [-0.05, 0) is 56.0 Å². The number of amides is 2. The van der Waals surface area contributed by atoms with Crippen molar-refractivity contribution in [3.05, 3.63) is 70.4 Å². The van der Waals surface area contributed by atoms with Crippen LogP contribution in [0.1, 0.15) is 54.2 Å². The number of anilines is 1. The van der Waals surface area contributed by atoms with Crippen LogP contribution >= 0.6 is 11.6 Å². The number of rotatable bonds is 8. The van der Waals surface area contributed by atoms with Gasteiger partial charge in [0, 0.05) is 36.9 Å². The van der Waals surface area contributed by atoms with Gasteiger partial charge >= 0.3 is 0 Å². The van der Waals surface area contributed by atoms with Crippen LogP contribution in [0.25, 0.3) is 11.3 Å². The van der Waals surface area contributed by atoms with E-state index < -0.39 is 6.04 Å². The van der Waals surface area contributed by atoms with E-state index in [1.54, 1.807) is 31.2 Å². The fraction of sp³-hybridized carbons (Fsp3) is 0.379. The van der Waals surface area contributed by atoms with Gasteiger partial charge in [-0.15, -0.1) is 0 Å². The second-order valence-electron chi connectivity index (χ2n) is 9.91. The Morgan fingerprint density at radius 3 is 2.74 bits per heavy atom. The molecule has 204 valence electrons. The molecule has 10 heteroatoms. The number of hydrogen-bond donors (Lipinski definition) is 2. The van der Waals surface area contributed by atoms with Crippen LogP contribution in [0.15, 0.2) is 48.7 Å². The Kier molecular flexibility index (Phi) is 7.99. The lowest BCUT2D eigenvalue weighted by molar-refractivity contribution is -0.125. The fourth-order valence-electron chi connectivity index (χ4n) is 4.92. The first-order valence-electron chi connectivity index (χ1n) is 13.1. The zero-order chi connectivity index (χ0) is 27.5. The largest absolute Gasteiger partial charge is 0.497 e. The molecule has 1 fully saturated rings. The molecule has 3 heterocycles. The van der Waals surface area contributed by atoms with Crippen molar-refractivity contribution < 1.29 is 19.1 Å². The molecule has 0 spiro atoms. The second kappa shape index (κ2) is 11.6. The number of nitrogens with one attached hydrogen (secondary N) is 2. The highest BCUT2D eigenvalue weighted by atomic mass is 35.5. The van der Waals surface area contributed by atoms with E-state index >= 15 is 0 Å². The number of fused-ring (bicyclic) bond motifs is 1. The Morgan fingerprint density at radius 1 is 1.18 bits per heavy atom. The third kappa shape index (κ3) is 5.84. The molecule has 2 aliphatic heterocycles. The first kappa shape index (κ1) is 26.9. The summed E-state index contributed by atoms with van der Waals surface area (Å²) >= 11 is 6.47. The molecule has 2 aliphatic rings. The summed E-state index contributed by atoms with van der Waals surface area (Å²) in [5, 5.41) is 6.78. The molecule has 2 amide bonds. The zero-order valence-corrected chi connectivity index (χ0v) is 23.0. The summed E-state index contributed by atoms with van der Waals surface area (Å²) in [6.07, 6.45) is 3.34. The molecule has 0 aliphatic carbocycles. The Balaban J connectivity index is 1.29. The van der Waals surface area contributed by atoms with Gasteiger partial charge in [0.15, 0.2) is 0 Å². The minimum Gasteiger partial charge on any atom is -0.497 e. The highest BCUT2D eigenvalue weighted by Gasteiger charge is 2.34. The van der Waals surface area contributed by atoms with Gasteiger partial charge < -0.3 is 25.0 Å². The van der Waals surface area contributed by atoms with Crippen LogP contribution < -0.4 is 15.4 Å². The molecule has 0 saturated carbocycles. The number of benzene rings is 2. The van der Waals surface area contributed by atoms with Crippen molar-refractivity contribution in [2.24, 2.45) is 0 Å². The Bertz CT molecular complexity index is 1380. The molecule has 0 radical (unpaired) electrons. The number of methoxy groups -OCH3 is 1. The average molecular weight is 550 g/mol. The first-order valence-corrected chi connectivity index (χ1v) is 13.5. The van der Waals surface area contributed by atoms with Crippen LogP contribution in [0.5, 0.6) is 5.75 Å². The van der Waals surface area contributed by atoms with E-state index in [0.29, 0.717) is 42.0 Å². The maximum absolute atomic E-state index is 13.4. The molecular weight excluding hydrogens is 518 g/mol. The van der Waals surface area contributed by atoms with Crippen molar-refractivity contribution in [3.8, 4) is 17.0 Å². The molecule has 2 aromatic carbocycles. The van der Waals surface area contributed by atoms with Gasteiger partial charge in [0.05, 0.1) is 30.1 Å². The van der Waals surface area contributed by atoms with Gasteiger partial charge in [-0.25, -0.2) is 9.97 Å². The maximum atomic E-state index is 13.4. The molecule has 3 aromatic rings. The molecule has 2 atom stereocenters. The standard InChI is InChI=1S/C29H32ClN5O4/c1-17(19-5-4-6-23(13-19)38-3)32-27(36)18(2)35-16-21-8-7-20(14-24(21)28(35)37)26-25(30)15-31-29(34-26)33-22-9-11-39-12-10-22/h4-8,13-15,17-18,22H,9-12,16H2,1-3H3,(H,32,36)(H,31,33,34)/t17-,18?/m1/s1. The highest BCUT2D eigenvalue weighted by molar-refractivity contribution is 6.33. The Labute approximate surface area is 232 Å². The lowest BCUT2D eigenvalue weighted by Crippen LogP contribution is -2.45. The lowest BCUT2D eigenvalue weighted by atomic mass is 10.0. The van der Waals surface area contributed by atoms with Gasteiger partial charge in [0.2, 0.25) is 11.9 Å². The summed E-state index contributed by atoms with van der Waals surface area (Å²) in [4.78, 5) is 37.1. The van der Waals surface area contributed by atoms with E-state index in [4.69, 9.17) is 21.1 Å². The molecule has 1 unspecified atom stereocenters. The number of nitrogens with zero attached hydrogens (tertiary/aromatic N) is 3. The van der Waals surface area contributed by atoms with E-state index in [1.165, 1.54) is 0 Å². The Morgan fingerprint density at radius 2 is 1.97 bits per heavy atom. The first-order chi connectivity index (χ1) is 18.8. The number of carbonyl (C=O) groups is 2. The van der Waals surface area contributed by atoms with Crippen molar-refractivity contribution in [3.63, 3.8) is 0 Å². The van der Waals surface area contributed by atoms with E-state index in [1.807, 2.05) is 43.3 Å². The van der Waals surface area contributed by atoms with E-state index in [2.05, 4.69) is 20.6 Å². The number of carbonyl (C=O) groups excluding carboxylic acids is 2. The predicted molar refractivity (Wildman–Crippen MR) is 149 cm³/mol. The van der Waals surface area contributed by atoms with E-state index in [0.717, 1.165) is 35.3 Å². The molecular formula is C29H32ClN5O4. The third-order valence-electron chi connectivity index (χ3n) is 7.31. The normalized spacial score (nSPS) is 16.9. The van der Waals surface area contributed by atoms with Gasteiger partial charge in [0.25, 0.3) is 5.91 Å².